The molecule has 2 N–H and O–H groups in total. The topological polar surface area (TPSA) is 118 Å². The van der Waals surface area contributed by atoms with E-state index in [4.69, 9.17) is 19.8 Å². The van der Waals surface area contributed by atoms with E-state index in [9.17, 15) is 9.59 Å². The molecule has 0 atom stereocenters. The van der Waals surface area contributed by atoms with Crippen LogP contribution in [0.5, 0.6) is 0 Å². The van der Waals surface area contributed by atoms with Crippen molar-refractivity contribution in [1.82, 2.24) is 4.90 Å². The van der Waals surface area contributed by atoms with Crippen LogP contribution in [0.1, 0.15) is 28.8 Å². The summed E-state index contributed by atoms with van der Waals surface area (Å²) in [6.45, 7) is 4.77. The minimum absolute atomic E-state index is 0.140. The van der Waals surface area contributed by atoms with Crippen molar-refractivity contribution in [3.8, 4) is 0 Å². The fourth-order valence-corrected chi connectivity index (χ4v) is 4.10. The summed E-state index contributed by atoms with van der Waals surface area (Å²) < 4.78 is 0. The van der Waals surface area contributed by atoms with Crippen molar-refractivity contribution < 1.29 is 29.4 Å². The third-order valence-corrected chi connectivity index (χ3v) is 6.08. The lowest BCUT2D eigenvalue weighted by molar-refractivity contribution is -0.159. The molecule has 9 heteroatoms. The van der Waals surface area contributed by atoms with Gasteiger partial charge in [0.1, 0.15) is 0 Å². The Morgan fingerprint density at radius 3 is 2.15 bits per heavy atom. The van der Waals surface area contributed by atoms with Gasteiger partial charge in [-0.3, -0.25) is 14.5 Å². The number of benzene rings is 2. The maximum absolute atomic E-state index is 12.7. The lowest BCUT2D eigenvalue weighted by Gasteiger charge is -2.36. The van der Waals surface area contributed by atoms with Gasteiger partial charge in [-0.15, -0.1) is 0 Å². The zero-order valence-electron chi connectivity index (χ0n) is 19.1. The average molecular weight is 468 g/mol. The number of aliphatic carboxylic acids is 2. The summed E-state index contributed by atoms with van der Waals surface area (Å²) in [7, 11) is 1.80. The first-order chi connectivity index (χ1) is 16.3. The van der Waals surface area contributed by atoms with E-state index in [1.54, 1.807) is 11.9 Å². The number of piperazine rings is 1. The number of nitrogens with zero attached hydrogens (tertiary/aromatic N) is 3. The molecule has 2 heterocycles. The molecular formula is C25H29N3O6. The van der Waals surface area contributed by atoms with Crippen LogP contribution in [0.2, 0.25) is 0 Å². The number of anilines is 2. The Bertz CT molecular complexity index is 1040. The molecular weight excluding hydrogens is 438 g/mol. The molecule has 34 heavy (non-hydrogen) atoms. The van der Waals surface area contributed by atoms with Gasteiger partial charge < -0.3 is 20.0 Å². The number of amides is 1. The van der Waals surface area contributed by atoms with Gasteiger partial charge in [0.2, 0.25) is 5.91 Å². The van der Waals surface area contributed by atoms with E-state index < -0.39 is 11.9 Å². The van der Waals surface area contributed by atoms with Crippen molar-refractivity contribution in [2.75, 3.05) is 49.6 Å². The second kappa shape index (κ2) is 11.4. The lowest BCUT2D eigenvalue weighted by atomic mass is 9.97. The van der Waals surface area contributed by atoms with Crippen LogP contribution in [0.3, 0.4) is 0 Å². The van der Waals surface area contributed by atoms with Crippen molar-refractivity contribution in [2.24, 2.45) is 0 Å². The van der Waals surface area contributed by atoms with Crippen molar-refractivity contribution in [1.29, 1.82) is 0 Å². The third-order valence-electron chi connectivity index (χ3n) is 6.08. The van der Waals surface area contributed by atoms with Gasteiger partial charge in [0.25, 0.3) is 0 Å². The molecule has 180 valence electrons. The van der Waals surface area contributed by atoms with Crippen LogP contribution in [-0.2, 0) is 20.8 Å². The number of carboxylic acid groups (broad SMARTS) is 2. The molecule has 2 aromatic rings. The molecule has 0 aromatic heterocycles. The molecule has 1 amide bonds. The highest BCUT2D eigenvalue weighted by Gasteiger charge is 2.22. The second-order valence-corrected chi connectivity index (χ2v) is 8.24. The van der Waals surface area contributed by atoms with E-state index in [-0.39, 0.29) is 11.7 Å². The number of rotatable bonds is 5. The molecule has 2 aliphatic heterocycles. The summed E-state index contributed by atoms with van der Waals surface area (Å²) in [4.78, 5) is 49.2. The SMILES string of the molecule is CN1C(=O)CCc2cc(C(=O)CCN3CCN(c4ccccc4)CC3)ccc21.O=C(O)C(=O)O. The van der Waals surface area contributed by atoms with Crippen molar-refractivity contribution in [3.63, 3.8) is 0 Å². The average Bonchev–Trinajstić information content (AvgIpc) is 2.86. The summed E-state index contributed by atoms with van der Waals surface area (Å²) in [6.07, 6.45) is 1.78. The Morgan fingerprint density at radius 2 is 1.53 bits per heavy atom. The predicted molar refractivity (Wildman–Crippen MR) is 127 cm³/mol. The number of hydrogen-bond acceptors (Lipinski definition) is 6. The van der Waals surface area contributed by atoms with E-state index in [2.05, 4.69) is 34.1 Å². The maximum Gasteiger partial charge on any atom is 0.414 e. The molecule has 0 unspecified atom stereocenters. The molecule has 4 rings (SSSR count). The van der Waals surface area contributed by atoms with Crippen LogP contribution < -0.4 is 9.80 Å². The molecule has 0 spiro atoms. The van der Waals surface area contributed by atoms with Gasteiger partial charge in [0.05, 0.1) is 0 Å². The van der Waals surface area contributed by atoms with E-state index in [0.29, 0.717) is 12.8 Å². The summed E-state index contributed by atoms with van der Waals surface area (Å²) >= 11 is 0. The zero-order chi connectivity index (χ0) is 24.7. The smallest absolute Gasteiger partial charge is 0.414 e. The number of hydrogen-bond donors (Lipinski definition) is 2. The summed E-state index contributed by atoms with van der Waals surface area (Å²) in [5.41, 5.74) is 4.08. The molecule has 0 radical (unpaired) electrons. The minimum atomic E-state index is -1.82. The first-order valence-electron chi connectivity index (χ1n) is 11.2. The molecule has 0 aliphatic carbocycles. The fraction of sp³-hybridized carbons (Fsp3) is 0.360. The van der Waals surface area contributed by atoms with Crippen LogP contribution in [-0.4, -0.2) is 78.5 Å². The molecule has 0 saturated carbocycles. The Balaban J connectivity index is 0.000000481. The highest BCUT2D eigenvalue weighted by atomic mass is 16.4. The Labute approximate surface area is 198 Å². The van der Waals surface area contributed by atoms with Crippen LogP contribution in [0.15, 0.2) is 48.5 Å². The lowest BCUT2D eigenvalue weighted by Crippen LogP contribution is -2.46. The molecule has 2 aliphatic rings. The number of ketones is 1. The van der Waals surface area contributed by atoms with Gasteiger partial charge in [-0.2, -0.15) is 0 Å². The third kappa shape index (κ3) is 6.41. The molecule has 2 aromatic carbocycles. The second-order valence-electron chi connectivity index (χ2n) is 8.24. The molecule has 1 fully saturated rings. The van der Waals surface area contributed by atoms with Gasteiger partial charge >= 0.3 is 11.9 Å². The highest BCUT2D eigenvalue weighted by molar-refractivity contribution is 6.27. The highest BCUT2D eigenvalue weighted by Crippen LogP contribution is 2.28. The van der Waals surface area contributed by atoms with Crippen LogP contribution in [0.4, 0.5) is 11.4 Å². The Morgan fingerprint density at radius 1 is 0.882 bits per heavy atom. The van der Waals surface area contributed by atoms with Gasteiger partial charge in [-0.25, -0.2) is 9.59 Å². The summed E-state index contributed by atoms with van der Waals surface area (Å²) in [5, 5.41) is 14.8. The van der Waals surface area contributed by atoms with E-state index in [0.717, 1.165) is 56.0 Å². The number of carboxylic acids is 2. The standard InChI is InChI=1S/C23H27N3O2.C2H2O4/c1-24-21-9-7-19(17-18(21)8-10-23(24)28)22(27)11-12-25-13-15-26(16-14-25)20-5-3-2-4-6-20;3-1(4)2(5)6/h2-7,9,17H,8,10-16H2,1H3;(H,3,4)(H,5,6). The number of carbonyl (C=O) groups is 4. The van der Waals surface area contributed by atoms with Crippen molar-refractivity contribution >= 4 is 35.0 Å². The Kier molecular flexibility index (Phi) is 8.37. The van der Waals surface area contributed by atoms with E-state index in [1.807, 2.05) is 24.3 Å². The van der Waals surface area contributed by atoms with Crippen molar-refractivity contribution in [2.45, 2.75) is 19.3 Å². The van der Waals surface area contributed by atoms with Gasteiger partial charge in [-0.05, 0) is 42.3 Å². The summed E-state index contributed by atoms with van der Waals surface area (Å²) in [6, 6.07) is 16.3. The normalized spacial score (nSPS) is 15.7. The first kappa shape index (κ1) is 24.9. The molecule has 1 saturated heterocycles. The molecule has 9 nitrogen and oxygen atoms in total. The largest absolute Gasteiger partial charge is 0.473 e. The molecule has 0 bridgehead atoms. The number of fused-ring (bicyclic) bond motifs is 1. The van der Waals surface area contributed by atoms with Crippen molar-refractivity contribution in [3.05, 3.63) is 59.7 Å². The van der Waals surface area contributed by atoms with Gasteiger partial charge in [0.15, 0.2) is 5.78 Å². The maximum atomic E-state index is 12.7. The van der Waals surface area contributed by atoms with Gasteiger partial charge in [-0.1, -0.05) is 18.2 Å². The van der Waals surface area contributed by atoms with E-state index >= 15 is 0 Å². The van der Waals surface area contributed by atoms with Crippen LogP contribution >= 0.6 is 0 Å². The summed E-state index contributed by atoms with van der Waals surface area (Å²) in [5.74, 6) is -3.32. The number of aryl methyl sites for hydroxylation is 1. The monoisotopic (exact) mass is 467 g/mol. The fourth-order valence-electron chi connectivity index (χ4n) is 4.10. The Hall–Kier alpha value is -3.72. The number of Topliss-reactive ketones (excluding diaryl/α,β-unsaturated/α-hetero) is 1. The van der Waals surface area contributed by atoms with E-state index in [1.165, 1.54) is 5.69 Å². The number of carbonyl (C=O) groups excluding carboxylic acids is 2. The number of para-hydroxylation sites is 1. The first-order valence-corrected chi connectivity index (χ1v) is 11.2. The quantitative estimate of drug-likeness (QED) is 0.507. The van der Waals surface area contributed by atoms with Crippen LogP contribution in [0, 0.1) is 0 Å². The predicted octanol–water partition coefficient (Wildman–Crippen LogP) is 2.15. The zero-order valence-corrected chi connectivity index (χ0v) is 19.1. The minimum Gasteiger partial charge on any atom is -0.473 e. The van der Waals surface area contributed by atoms with Gasteiger partial charge in [0, 0.05) is 69.6 Å². The van der Waals surface area contributed by atoms with Crippen LogP contribution in [0.25, 0.3) is 0 Å².